The number of aliphatic hydroxyl groups excluding tert-OH is 2. The third-order valence-electron chi connectivity index (χ3n) is 4.89. The van der Waals surface area contributed by atoms with Gasteiger partial charge in [0.1, 0.15) is 23.9 Å². The number of nitrogens with one attached hydrogen (secondary N) is 3. The first-order valence-corrected chi connectivity index (χ1v) is 10.3. The van der Waals surface area contributed by atoms with Crippen LogP contribution >= 0.6 is 0 Å². The number of aromatic hydroxyl groups is 1. The summed E-state index contributed by atoms with van der Waals surface area (Å²) in [6.07, 6.45) is -1.45. The minimum atomic E-state index is -1.63. The number of aliphatic hydroxyl groups is 2. The lowest BCUT2D eigenvalue weighted by Crippen LogP contribution is -2.60. The Morgan fingerprint density at radius 2 is 1.45 bits per heavy atom. The number of hydrogen-bond acceptors (Lipinski definition) is 8. The summed E-state index contributed by atoms with van der Waals surface area (Å²) in [5.74, 6) is -4.18. The van der Waals surface area contributed by atoms with Gasteiger partial charge >= 0.3 is 5.97 Å². The number of phenolic OH excluding ortho intramolecular Hbond substituents is 1. The molecule has 0 aliphatic carbocycles. The van der Waals surface area contributed by atoms with E-state index in [-0.39, 0.29) is 18.1 Å². The number of benzene rings is 1. The highest BCUT2D eigenvalue weighted by atomic mass is 16.4. The van der Waals surface area contributed by atoms with E-state index in [1.165, 1.54) is 19.1 Å². The molecule has 0 spiro atoms. The van der Waals surface area contributed by atoms with Gasteiger partial charge < -0.3 is 42.1 Å². The standard InChI is InChI=1S/C21H32N4O8/c1-10(2)16(22)19(30)23-14(8-12-4-6-13(28)7-5-12)18(29)25-17(11(3)27)20(31)24-15(9-26)21(32)33/h4-7,10-11,14-17,26-28H,8-9,22H2,1-3H3,(H,23,30)(H,24,31)(H,25,29)(H,32,33). The Labute approximate surface area is 191 Å². The molecule has 1 aromatic rings. The van der Waals surface area contributed by atoms with Gasteiger partial charge in [0.2, 0.25) is 17.7 Å². The molecule has 12 heteroatoms. The van der Waals surface area contributed by atoms with Crippen LogP contribution < -0.4 is 21.7 Å². The SMILES string of the molecule is CC(C)C(N)C(=O)NC(Cc1ccc(O)cc1)C(=O)NC(C(=O)NC(CO)C(=O)O)C(C)O. The summed E-state index contributed by atoms with van der Waals surface area (Å²) in [7, 11) is 0. The maximum Gasteiger partial charge on any atom is 0.328 e. The second-order valence-corrected chi connectivity index (χ2v) is 8.01. The average Bonchev–Trinajstić information content (AvgIpc) is 2.75. The Bertz CT molecular complexity index is 828. The Hall–Kier alpha value is -3.22. The molecule has 184 valence electrons. The monoisotopic (exact) mass is 468 g/mol. The van der Waals surface area contributed by atoms with Crippen molar-refractivity contribution in [2.75, 3.05) is 6.61 Å². The van der Waals surface area contributed by atoms with E-state index in [1.54, 1.807) is 26.0 Å². The van der Waals surface area contributed by atoms with E-state index >= 15 is 0 Å². The van der Waals surface area contributed by atoms with Gasteiger partial charge in [-0.1, -0.05) is 26.0 Å². The molecule has 0 radical (unpaired) electrons. The zero-order valence-electron chi connectivity index (χ0n) is 18.7. The fourth-order valence-electron chi connectivity index (χ4n) is 2.75. The Kier molecular flexibility index (Phi) is 10.7. The Morgan fingerprint density at radius 3 is 1.91 bits per heavy atom. The van der Waals surface area contributed by atoms with Gasteiger partial charge in [-0.25, -0.2) is 4.79 Å². The van der Waals surface area contributed by atoms with E-state index in [0.717, 1.165) is 0 Å². The smallest absolute Gasteiger partial charge is 0.328 e. The highest BCUT2D eigenvalue weighted by Gasteiger charge is 2.33. The van der Waals surface area contributed by atoms with Crippen molar-refractivity contribution >= 4 is 23.7 Å². The van der Waals surface area contributed by atoms with Crippen LogP contribution in [0, 0.1) is 5.92 Å². The van der Waals surface area contributed by atoms with Crippen LogP contribution in [0.4, 0.5) is 0 Å². The maximum atomic E-state index is 13.0. The summed E-state index contributed by atoms with van der Waals surface area (Å²) in [5, 5.41) is 44.4. The molecule has 0 aromatic heterocycles. The van der Waals surface area contributed by atoms with Gasteiger partial charge in [0.15, 0.2) is 0 Å². The topological polar surface area (TPSA) is 211 Å². The van der Waals surface area contributed by atoms with E-state index in [2.05, 4.69) is 10.6 Å². The molecule has 9 N–H and O–H groups in total. The van der Waals surface area contributed by atoms with Gasteiger partial charge in [0.05, 0.1) is 18.8 Å². The molecule has 0 aliphatic heterocycles. The zero-order valence-corrected chi connectivity index (χ0v) is 18.7. The van der Waals surface area contributed by atoms with Crippen molar-refractivity contribution in [2.45, 2.75) is 57.5 Å². The highest BCUT2D eigenvalue weighted by Crippen LogP contribution is 2.12. The molecule has 0 saturated carbocycles. The van der Waals surface area contributed by atoms with E-state index < -0.39 is 60.6 Å². The maximum absolute atomic E-state index is 13.0. The first-order valence-electron chi connectivity index (χ1n) is 10.3. The number of carbonyl (C=O) groups excluding carboxylic acids is 3. The van der Waals surface area contributed by atoms with Gasteiger partial charge in [-0.05, 0) is 30.5 Å². The minimum Gasteiger partial charge on any atom is -0.508 e. The van der Waals surface area contributed by atoms with Gasteiger partial charge in [-0.3, -0.25) is 14.4 Å². The lowest BCUT2D eigenvalue weighted by molar-refractivity contribution is -0.144. The molecular weight excluding hydrogens is 436 g/mol. The number of amides is 3. The lowest BCUT2D eigenvalue weighted by Gasteiger charge is -2.26. The quantitative estimate of drug-likeness (QED) is 0.167. The van der Waals surface area contributed by atoms with Gasteiger partial charge in [0, 0.05) is 6.42 Å². The van der Waals surface area contributed by atoms with E-state index in [4.69, 9.17) is 15.9 Å². The van der Waals surface area contributed by atoms with Gasteiger partial charge in [0.25, 0.3) is 0 Å². The van der Waals surface area contributed by atoms with Crippen LogP contribution in [0.1, 0.15) is 26.3 Å². The first kappa shape index (κ1) is 27.8. The second kappa shape index (κ2) is 12.7. The minimum absolute atomic E-state index is 0.00771. The van der Waals surface area contributed by atoms with Crippen LogP contribution in [-0.4, -0.2) is 81.0 Å². The van der Waals surface area contributed by atoms with Crippen molar-refractivity contribution in [3.8, 4) is 5.75 Å². The van der Waals surface area contributed by atoms with Crippen molar-refractivity contribution in [2.24, 2.45) is 11.7 Å². The number of aliphatic carboxylic acids is 1. The normalized spacial score (nSPS) is 15.6. The molecule has 5 unspecified atom stereocenters. The largest absolute Gasteiger partial charge is 0.508 e. The second-order valence-electron chi connectivity index (χ2n) is 8.01. The van der Waals surface area contributed by atoms with Crippen LogP contribution in [0.3, 0.4) is 0 Å². The number of carboxylic acid groups (broad SMARTS) is 1. The van der Waals surface area contributed by atoms with E-state index in [0.29, 0.717) is 5.56 Å². The summed E-state index contributed by atoms with van der Waals surface area (Å²) in [6.45, 7) is 3.77. The molecule has 33 heavy (non-hydrogen) atoms. The zero-order chi connectivity index (χ0) is 25.3. The molecule has 0 fully saturated rings. The predicted molar refractivity (Wildman–Crippen MR) is 117 cm³/mol. The summed E-state index contributed by atoms with van der Waals surface area (Å²) in [4.78, 5) is 48.9. The van der Waals surface area contributed by atoms with Crippen LogP contribution in [0.5, 0.6) is 5.75 Å². The van der Waals surface area contributed by atoms with Gasteiger partial charge in [-0.2, -0.15) is 0 Å². The third kappa shape index (κ3) is 8.67. The molecule has 1 rings (SSSR count). The van der Waals surface area contributed by atoms with Crippen molar-refractivity contribution in [1.82, 2.24) is 16.0 Å². The highest BCUT2D eigenvalue weighted by molar-refractivity contribution is 5.94. The fourth-order valence-corrected chi connectivity index (χ4v) is 2.75. The summed E-state index contributed by atoms with van der Waals surface area (Å²) >= 11 is 0. The summed E-state index contributed by atoms with van der Waals surface area (Å²) in [6, 6.07) is 0.586. The van der Waals surface area contributed by atoms with Crippen molar-refractivity contribution in [3.63, 3.8) is 0 Å². The van der Waals surface area contributed by atoms with Crippen LogP contribution in [0.15, 0.2) is 24.3 Å². The van der Waals surface area contributed by atoms with Crippen molar-refractivity contribution < 1.29 is 39.6 Å². The molecule has 1 aromatic carbocycles. The average molecular weight is 469 g/mol. The van der Waals surface area contributed by atoms with E-state index in [9.17, 15) is 29.4 Å². The molecule has 0 heterocycles. The number of carboxylic acids is 1. The van der Waals surface area contributed by atoms with Crippen LogP contribution in [0.2, 0.25) is 0 Å². The number of hydrogen-bond donors (Lipinski definition) is 8. The van der Waals surface area contributed by atoms with Crippen molar-refractivity contribution in [1.29, 1.82) is 0 Å². The molecule has 0 saturated heterocycles. The fraction of sp³-hybridized carbons (Fsp3) is 0.524. The molecule has 0 aliphatic rings. The number of rotatable bonds is 12. The lowest BCUT2D eigenvalue weighted by atomic mass is 10.0. The molecule has 3 amide bonds. The number of phenols is 1. The molecule has 5 atom stereocenters. The van der Waals surface area contributed by atoms with Crippen LogP contribution in [0.25, 0.3) is 0 Å². The summed E-state index contributed by atoms with van der Waals surface area (Å²) in [5.41, 5.74) is 6.44. The molecular formula is C21H32N4O8. The Balaban J connectivity index is 3.09. The number of carbonyl (C=O) groups is 4. The van der Waals surface area contributed by atoms with Gasteiger partial charge in [-0.15, -0.1) is 0 Å². The Morgan fingerprint density at radius 1 is 0.909 bits per heavy atom. The summed E-state index contributed by atoms with van der Waals surface area (Å²) < 4.78 is 0. The predicted octanol–water partition coefficient (Wildman–Crippen LogP) is -2.17. The van der Waals surface area contributed by atoms with E-state index in [1.807, 2.05) is 5.32 Å². The first-order chi connectivity index (χ1) is 15.4. The van der Waals surface area contributed by atoms with Crippen LogP contribution in [-0.2, 0) is 25.6 Å². The molecule has 12 nitrogen and oxygen atoms in total. The molecule has 0 bridgehead atoms. The third-order valence-corrected chi connectivity index (χ3v) is 4.89. The van der Waals surface area contributed by atoms with Crippen molar-refractivity contribution in [3.05, 3.63) is 29.8 Å². The number of nitrogens with two attached hydrogens (primary N) is 1.